The number of aliphatic hydroxyl groups is 1. The molecule has 0 aromatic heterocycles. The Labute approximate surface area is 185 Å². The van der Waals surface area contributed by atoms with Crippen molar-refractivity contribution in [3.8, 4) is 0 Å². The zero-order valence-electron chi connectivity index (χ0n) is 17.8. The highest BCUT2D eigenvalue weighted by molar-refractivity contribution is 6.35. The molecule has 172 valence electrons. The zero-order valence-corrected chi connectivity index (χ0v) is 17.8. The van der Waals surface area contributed by atoms with Crippen LogP contribution in [0.4, 0.5) is 13.2 Å². The molecule has 1 aliphatic rings. The molecule has 0 spiro atoms. The van der Waals surface area contributed by atoms with Crippen LogP contribution in [0.5, 0.6) is 0 Å². The fourth-order valence-corrected chi connectivity index (χ4v) is 4.17. The van der Waals surface area contributed by atoms with Crippen LogP contribution in [0.25, 0.3) is 0 Å². The van der Waals surface area contributed by atoms with E-state index in [-0.39, 0.29) is 25.0 Å². The number of benzene rings is 2. The first-order valence-electron chi connectivity index (χ1n) is 10.6. The van der Waals surface area contributed by atoms with Crippen LogP contribution in [0.2, 0.25) is 0 Å². The molecule has 1 fully saturated rings. The van der Waals surface area contributed by atoms with Crippen LogP contribution in [0.15, 0.2) is 54.6 Å². The van der Waals surface area contributed by atoms with Crippen LogP contribution in [0, 0.1) is 0 Å². The van der Waals surface area contributed by atoms with Crippen LogP contribution < -0.4 is 5.32 Å². The van der Waals surface area contributed by atoms with Gasteiger partial charge in [-0.1, -0.05) is 48.9 Å². The summed E-state index contributed by atoms with van der Waals surface area (Å²) in [6, 6.07) is 13.8. The van der Waals surface area contributed by atoms with E-state index in [0.717, 1.165) is 24.1 Å². The van der Waals surface area contributed by atoms with Gasteiger partial charge in [-0.15, -0.1) is 0 Å². The van der Waals surface area contributed by atoms with Crippen molar-refractivity contribution in [1.82, 2.24) is 10.2 Å². The number of amides is 2. The third kappa shape index (κ3) is 6.09. The molecule has 3 atom stereocenters. The first-order chi connectivity index (χ1) is 15.1. The second kappa shape index (κ2) is 10.2. The van der Waals surface area contributed by atoms with E-state index in [9.17, 15) is 27.9 Å². The topological polar surface area (TPSA) is 69.6 Å². The van der Waals surface area contributed by atoms with Crippen molar-refractivity contribution < 1.29 is 27.9 Å². The lowest BCUT2D eigenvalue weighted by atomic mass is 9.93. The van der Waals surface area contributed by atoms with E-state index >= 15 is 0 Å². The van der Waals surface area contributed by atoms with Crippen LogP contribution >= 0.6 is 0 Å². The lowest BCUT2D eigenvalue weighted by molar-refractivity contribution is -0.147. The van der Waals surface area contributed by atoms with Gasteiger partial charge in [0.1, 0.15) is 0 Å². The summed E-state index contributed by atoms with van der Waals surface area (Å²) in [5, 5.41) is 12.6. The molecule has 0 bridgehead atoms. The molecule has 2 aromatic carbocycles. The molecule has 2 amide bonds. The molecular weight excluding hydrogens is 421 g/mol. The van der Waals surface area contributed by atoms with E-state index in [1.165, 1.54) is 17.0 Å². The van der Waals surface area contributed by atoms with Gasteiger partial charge in [-0.05, 0) is 43.0 Å². The highest BCUT2D eigenvalue weighted by Gasteiger charge is 2.34. The predicted molar refractivity (Wildman–Crippen MR) is 114 cm³/mol. The van der Waals surface area contributed by atoms with Gasteiger partial charge in [-0.25, -0.2) is 0 Å². The zero-order chi connectivity index (χ0) is 23.3. The van der Waals surface area contributed by atoms with Crippen molar-refractivity contribution in [2.75, 3.05) is 6.54 Å². The fraction of sp³-hybridized carbons (Fsp3) is 0.417. The maximum absolute atomic E-state index is 12.8. The predicted octanol–water partition coefficient (Wildman–Crippen LogP) is 3.87. The standard InChI is InChI=1S/C24H27F3N2O3/c1-16(30)14-29(15-17-6-3-2-4-7-17)23(32)22(31)28-21-9-5-8-20(21)18-10-12-19(13-11-18)24(25,26)27/h2-4,6-7,10-13,16,20-21,30H,5,8-9,14-15H2,1H3,(H,28,31)/t16?,20-,21+/m0/s1. The molecule has 2 aromatic rings. The third-order valence-electron chi connectivity index (χ3n) is 5.68. The molecule has 5 nitrogen and oxygen atoms in total. The highest BCUT2D eigenvalue weighted by atomic mass is 19.4. The van der Waals surface area contributed by atoms with Gasteiger partial charge in [0.2, 0.25) is 0 Å². The second-order valence-corrected chi connectivity index (χ2v) is 8.26. The van der Waals surface area contributed by atoms with Crippen molar-refractivity contribution >= 4 is 11.8 Å². The molecule has 0 heterocycles. The Morgan fingerprint density at radius 3 is 2.34 bits per heavy atom. The molecule has 1 unspecified atom stereocenters. The molecule has 1 aliphatic carbocycles. The number of hydrogen-bond acceptors (Lipinski definition) is 3. The Balaban J connectivity index is 1.68. The Morgan fingerprint density at radius 2 is 1.75 bits per heavy atom. The molecule has 8 heteroatoms. The quantitative estimate of drug-likeness (QED) is 0.660. The summed E-state index contributed by atoms with van der Waals surface area (Å²) in [5.41, 5.74) is 0.820. The molecule has 0 aliphatic heterocycles. The summed E-state index contributed by atoms with van der Waals surface area (Å²) in [6.07, 6.45) is -3.06. The maximum Gasteiger partial charge on any atom is 0.416 e. The Morgan fingerprint density at radius 1 is 1.09 bits per heavy atom. The van der Waals surface area contributed by atoms with Gasteiger partial charge in [-0.3, -0.25) is 9.59 Å². The van der Waals surface area contributed by atoms with Crippen LogP contribution in [0.3, 0.4) is 0 Å². The molecule has 0 saturated heterocycles. The van der Waals surface area contributed by atoms with Gasteiger partial charge < -0.3 is 15.3 Å². The lowest BCUT2D eigenvalue weighted by Crippen LogP contribution is -2.48. The summed E-state index contributed by atoms with van der Waals surface area (Å²) in [6.45, 7) is 1.74. The average Bonchev–Trinajstić information content (AvgIpc) is 3.20. The highest BCUT2D eigenvalue weighted by Crippen LogP contribution is 2.36. The SMILES string of the molecule is CC(O)CN(Cc1ccccc1)C(=O)C(=O)N[C@@H]1CCC[C@H]1c1ccc(C(F)(F)F)cc1. The second-order valence-electron chi connectivity index (χ2n) is 8.26. The van der Waals surface area contributed by atoms with Crippen molar-refractivity contribution in [2.45, 2.75) is 57.0 Å². The number of aliphatic hydroxyl groups excluding tert-OH is 1. The van der Waals surface area contributed by atoms with Crippen molar-refractivity contribution in [2.24, 2.45) is 0 Å². The minimum Gasteiger partial charge on any atom is -0.392 e. The van der Waals surface area contributed by atoms with Crippen molar-refractivity contribution in [3.05, 3.63) is 71.3 Å². The number of nitrogens with one attached hydrogen (secondary N) is 1. The molecular formula is C24H27F3N2O3. The maximum atomic E-state index is 12.8. The number of hydrogen-bond donors (Lipinski definition) is 2. The normalized spacial score (nSPS) is 19.4. The van der Waals surface area contributed by atoms with Crippen molar-refractivity contribution in [3.63, 3.8) is 0 Å². The number of halogens is 3. The van der Waals surface area contributed by atoms with E-state index in [4.69, 9.17) is 0 Å². The van der Waals surface area contributed by atoms with E-state index in [1.54, 1.807) is 6.92 Å². The molecule has 1 saturated carbocycles. The summed E-state index contributed by atoms with van der Waals surface area (Å²) in [4.78, 5) is 26.9. The van der Waals surface area contributed by atoms with Crippen LogP contribution in [-0.2, 0) is 22.3 Å². The summed E-state index contributed by atoms with van der Waals surface area (Å²) < 4.78 is 38.5. The first-order valence-corrected chi connectivity index (χ1v) is 10.6. The van der Waals surface area contributed by atoms with Gasteiger partial charge in [0.15, 0.2) is 0 Å². The molecule has 0 radical (unpaired) electrons. The summed E-state index contributed by atoms with van der Waals surface area (Å²) in [5.74, 6) is -1.67. The summed E-state index contributed by atoms with van der Waals surface area (Å²) >= 11 is 0. The minimum atomic E-state index is -4.40. The van der Waals surface area contributed by atoms with Gasteiger partial charge in [-0.2, -0.15) is 13.2 Å². The number of alkyl halides is 3. The average molecular weight is 448 g/mol. The monoisotopic (exact) mass is 448 g/mol. The number of carbonyl (C=O) groups excluding carboxylic acids is 2. The fourth-order valence-electron chi connectivity index (χ4n) is 4.17. The molecule has 32 heavy (non-hydrogen) atoms. The third-order valence-corrected chi connectivity index (χ3v) is 5.68. The van der Waals surface area contributed by atoms with Gasteiger partial charge in [0, 0.05) is 25.0 Å². The largest absolute Gasteiger partial charge is 0.416 e. The first kappa shape index (κ1) is 23.8. The lowest BCUT2D eigenvalue weighted by Gasteiger charge is -2.26. The number of carbonyl (C=O) groups is 2. The number of nitrogens with zero attached hydrogens (tertiary/aromatic N) is 1. The molecule has 2 N–H and O–H groups in total. The van der Waals surface area contributed by atoms with Gasteiger partial charge >= 0.3 is 18.0 Å². The van der Waals surface area contributed by atoms with Gasteiger partial charge in [0.05, 0.1) is 11.7 Å². The van der Waals surface area contributed by atoms with Crippen molar-refractivity contribution in [1.29, 1.82) is 0 Å². The van der Waals surface area contributed by atoms with E-state index in [1.807, 2.05) is 30.3 Å². The van der Waals surface area contributed by atoms with Crippen LogP contribution in [-0.4, -0.2) is 40.5 Å². The minimum absolute atomic E-state index is 0.00808. The van der Waals surface area contributed by atoms with E-state index in [2.05, 4.69) is 5.32 Å². The smallest absolute Gasteiger partial charge is 0.392 e. The Kier molecular flexibility index (Phi) is 7.56. The van der Waals surface area contributed by atoms with E-state index in [0.29, 0.717) is 18.4 Å². The molecule has 3 rings (SSSR count). The Bertz CT molecular complexity index is 914. The van der Waals surface area contributed by atoms with E-state index < -0.39 is 29.7 Å². The Hall–Kier alpha value is -2.87. The van der Waals surface area contributed by atoms with Crippen LogP contribution in [0.1, 0.15) is 48.8 Å². The van der Waals surface area contributed by atoms with Gasteiger partial charge in [0.25, 0.3) is 0 Å². The summed E-state index contributed by atoms with van der Waals surface area (Å²) in [7, 11) is 0. The number of rotatable bonds is 6.